The molecule has 0 radical (unpaired) electrons. The van der Waals surface area contributed by atoms with E-state index < -0.39 is 12.3 Å². The smallest absolute Gasteiger partial charge is 0.387 e. The third-order valence-electron chi connectivity index (χ3n) is 6.20. The number of quaternary nitrogens is 1. The summed E-state index contributed by atoms with van der Waals surface area (Å²) in [5.74, 6) is 1.11. The van der Waals surface area contributed by atoms with Crippen molar-refractivity contribution < 1.29 is 23.2 Å². The Morgan fingerprint density at radius 3 is 2.59 bits per heavy atom. The summed E-state index contributed by atoms with van der Waals surface area (Å²) in [4.78, 5) is 1.51. The molecule has 2 aromatic carbocycles. The molecule has 152 valence electrons. The van der Waals surface area contributed by atoms with Crippen LogP contribution in [0.3, 0.4) is 0 Å². The van der Waals surface area contributed by atoms with E-state index in [-0.39, 0.29) is 11.8 Å². The average molecular weight is 400 g/mol. The van der Waals surface area contributed by atoms with Crippen LogP contribution in [0.25, 0.3) is 0 Å². The molecule has 0 amide bonds. The lowest BCUT2D eigenvalue weighted by Crippen LogP contribution is -3.11. The number of para-hydroxylation sites is 1. The first-order valence-corrected chi connectivity index (χ1v) is 10.1. The minimum absolute atomic E-state index is 0.130. The van der Waals surface area contributed by atoms with Gasteiger partial charge in [-0.3, -0.25) is 0 Å². The molecule has 0 bridgehead atoms. The van der Waals surface area contributed by atoms with E-state index in [1.54, 1.807) is 24.3 Å². The number of alkyl halides is 2. The Kier molecular flexibility index (Phi) is 4.42. The zero-order valence-corrected chi connectivity index (χ0v) is 16.3. The van der Waals surface area contributed by atoms with Crippen molar-refractivity contribution >= 4 is 5.71 Å². The molecule has 1 fully saturated rings. The van der Waals surface area contributed by atoms with Gasteiger partial charge in [0, 0.05) is 12.0 Å². The van der Waals surface area contributed by atoms with Gasteiger partial charge in [-0.05, 0) is 35.9 Å². The number of likely N-dealkylation sites (tertiary alicyclic amines) is 1. The van der Waals surface area contributed by atoms with Gasteiger partial charge in [-0.2, -0.15) is 13.9 Å². The maximum absolute atomic E-state index is 12.4. The van der Waals surface area contributed by atoms with Gasteiger partial charge in [0.1, 0.15) is 11.5 Å². The lowest BCUT2D eigenvalue weighted by atomic mass is 9.91. The molecule has 0 aromatic heterocycles. The lowest BCUT2D eigenvalue weighted by molar-refractivity contribution is -0.888. The molecule has 1 N–H and O–H groups in total. The number of hydrazone groups is 1. The fraction of sp³-hybridized carbons (Fsp3) is 0.409. The van der Waals surface area contributed by atoms with Gasteiger partial charge >= 0.3 is 6.61 Å². The molecule has 1 saturated heterocycles. The first-order valence-electron chi connectivity index (χ1n) is 10.1. The molecule has 2 aromatic rings. The van der Waals surface area contributed by atoms with Crippen LogP contribution >= 0.6 is 0 Å². The van der Waals surface area contributed by atoms with Crippen LogP contribution in [-0.2, 0) is 0 Å². The zero-order chi connectivity index (χ0) is 20.0. The topological polar surface area (TPSA) is 38.5 Å². The molecular weight excluding hydrogens is 376 g/mol. The van der Waals surface area contributed by atoms with E-state index in [9.17, 15) is 8.78 Å². The fourth-order valence-corrected chi connectivity index (χ4v) is 4.63. The predicted octanol–water partition coefficient (Wildman–Crippen LogP) is 2.84. The maximum Gasteiger partial charge on any atom is 0.387 e. The van der Waals surface area contributed by atoms with Crippen LogP contribution in [0.1, 0.15) is 36.4 Å². The van der Waals surface area contributed by atoms with E-state index in [0.29, 0.717) is 0 Å². The number of fused-ring (bicyclic) bond motifs is 4. The number of nitrogens with one attached hydrogen (secondary N) is 1. The number of nitrogens with zero attached hydrogens (tertiary/aromatic N) is 2. The van der Waals surface area contributed by atoms with Crippen molar-refractivity contribution in [3.8, 4) is 11.5 Å². The van der Waals surface area contributed by atoms with Crippen LogP contribution < -0.4 is 14.4 Å². The van der Waals surface area contributed by atoms with Gasteiger partial charge < -0.3 is 14.4 Å². The summed E-state index contributed by atoms with van der Waals surface area (Å²) < 4.78 is 35.9. The number of halogens is 2. The average Bonchev–Trinajstić information content (AvgIpc) is 3.17. The Labute approximate surface area is 168 Å². The summed E-state index contributed by atoms with van der Waals surface area (Å²) >= 11 is 0. The van der Waals surface area contributed by atoms with Crippen molar-refractivity contribution in [2.45, 2.75) is 37.6 Å². The van der Waals surface area contributed by atoms with Crippen LogP contribution in [0, 0.1) is 0 Å². The molecular formula is C22H24F2N3O2+. The summed E-state index contributed by atoms with van der Waals surface area (Å²) in [6.45, 7) is -0.745. The number of ether oxygens (including phenoxy) is 2. The zero-order valence-electron chi connectivity index (χ0n) is 16.3. The van der Waals surface area contributed by atoms with E-state index in [0.717, 1.165) is 54.9 Å². The molecule has 0 aliphatic carbocycles. The molecule has 1 spiro atoms. The predicted molar refractivity (Wildman–Crippen MR) is 104 cm³/mol. The summed E-state index contributed by atoms with van der Waals surface area (Å²) in [6, 6.07) is 15.1. The van der Waals surface area contributed by atoms with Crippen LogP contribution in [0.2, 0.25) is 0 Å². The van der Waals surface area contributed by atoms with Crippen molar-refractivity contribution in [2.75, 3.05) is 20.1 Å². The van der Waals surface area contributed by atoms with E-state index >= 15 is 0 Å². The number of piperidine rings is 1. The van der Waals surface area contributed by atoms with E-state index in [4.69, 9.17) is 9.84 Å². The Hall–Kier alpha value is -2.67. The minimum atomic E-state index is -2.82. The van der Waals surface area contributed by atoms with Gasteiger partial charge in [-0.15, -0.1) is 0 Å². The fourth-order valence-electron chi connectivity index (χ4n) is 4.63. The molecule has 29 heavy (non-hydrogen) atoms. The van der Waals surface area contributed by atoms with E-state index in [2.05, 4.69) is 22.9 Å². The second-order valence-corrected chi connectivity index (χ2v) is 8.06. The first-order chi connectivity index (χ1) is 14.0. The molecule has 0 unspecified atom stereocenters. The Morgan fingerprint density at radius 2 is 1.86 bits per heavy atom. The van der Waals surface area contributed by atoms with Crippen LogP contribution in [0.4, 0.5) is 8.78 Å². The van der Waals surface area contributed by atoms with Gasteiger partial charge in [0.05, 0.1) is 44.7 Å². The quantitative estimate of drug-likeness (QED) is 0.861. The Morgan fingerprint density at radius 1 is 1.14 bits per heavy atom. The normalized spacial score (nSPS) is 28.0. The molecule has 5 rings (SSSR count). The molecule has 5 nitrogen and oxygen atoms in total. The third kappa shape index (κ3) is 3.23. The number of benzene rings is 2. The van der Waals surface area contributed by atoms with Crippen molar-refractivity contribution in [1.29, 1.82) is 0 Å². The maximum atomic E-state index is 12.4. The van der Waals surface area contributed by atoms with Gasteiger partial charge in [0.2, 0.25) is 5.72 Å². The molecule has 3 aliphatic rings. The summed E-state index contributed by atoms with van der Waals surface area (Å²) in [6.07, 6.45) is 2.60. The summed E-state index contributed by atoms with van der Waals surface area (Å²) in [7, 11) is 2.21. The molecule has 3 aliphatic heterocycles. The highest BCUT2D eigenvalue weighted by molar-refractivity contribution is 6.02. The minimum Gasteiger partial charge on any atom is -0.466 e. The molecule has 3 heterocycles. The molecule has 1 atom stereocenters. The van der Waals surface area contributed by atoms with Gasteiger partial charge in [-0.25, -0.2) is 5.01 Å². The largest absolute Gasteiger partial charge is 0.466 e. The Bertz CT molecular complexity index is 924. The number of hydrogen-bond acceptors (Lipinski definition) is 4. The third-order valence-corrected chi connectivity index (χ3v) is 6.20. The summed E-state index contributed by atoms with van der Waals surface area (Å²) in [5.41, 5.74) is 2.61. The number of hydrogen-bond donors (Lipinski definition) is 1. The van der Waals surface area contributed by atoms with Crippen LogP contribution in [-0.4, -0.2) is 43.2 Å². The van der Waals surface area contributed by atoms with Crippen LogP contribution in [0.5, 0.6) is 11.5 Å². The van der Waals surface area contributed by atoms with Gasteiger partial charge in [-0.1, -0.05) is 18.2 Å². The van der Waals surface area contributed by atoms with Crippen LogP contribution in [0.15, 0.2) is 53.6 Å². The second-order valence-electron chi connectivity index (χ2n) is 8.06. The van der Waals surface area contributed by atoms with Crippen molar-refractivity contribution in [1.82, 2.24) is 5.01 Å². The van der Waals surface area contributed by atoms with Gasteiger partial charge in [0.25, 0.3) is 0 Å². The van der Waals surface area contributed by atoms with Crippen molar-refractivity contribution in [3.63, 3.8) is 0 Å². The number of rotatable bonds is 3. The van der Waals surface area contributed by atoms with Crippen molar-refractivity contribution in [3.05, 3.63) is 59.7 Å². The highest BCUT2D eigenvalue weighted by Gasteiger charge is 2.52. The standard InChI is InChI=1S/C22H23F2N3O2/c1-26-12-10-22(11-13-26)27-19(17-4-2-3-5-20(17)29-22)14-18(25-27)15-6-8-16(9-7-15)28-21(23)24/h2-9,19,21H,10-14H2,1H3/p+1/t19-/m0/s1. The highest BCUT2D eigenvalue weighted by atomic mass is 19.3. The SMILES string of the molecule is C[NH+]1CCC2(CC1)Oc1ccccc1[C@@H]1CC(c3ccc(OC(F)F)cc3)=NN12. The first kappa shape index (κ1) is 18.4. The lowest BCUT2D eigenvalue weighted by Gasteiger charge is -2.49. The Balaban J connectivity index is 1.49. The summed E-state index contributed by atoms with van der Waals surface area (Å²) in [5, 5.41) is 7.17. The molecule has 7 heteroatoms. The monoisotopic (exact) mass is 400 g/mol. The highest BCUT2D eigenvalue weighted by Crippen LogP contribution is 2.49. The van der Waals surface area contributed by atoms with Gasteiger partial charge in [0.15, 0.2) is 0 Å². The second kappa shape index (κ2) is 6.99. The van der Waals surface area contributed by atoms with Crippen molar-refractivity contribution in [2.24, 2.45) is 5.10 Å². The van der Waals surface area contributed by atoms with E-state index in [1.165, 1.54) is 4.90 Å². The molecule has 0 saturated carbocycles. The van der Waals surface area contributed by atoms with E-state index in [1.807, 2.05) is 18.2 Å².